The van der Waals surface area contributed by atoms with Crippen LogP contribution in [0.3, 0.4) is 0 Å². The van der Waals surface area contributed by atoms with E-state index in [1.807, 2.05) is 20.8 Å². The molecule has 0 aromatic heterocycles. The Morgan fingerprint density at radius 3 is 2.37 bits per heavy atom. The molecule has 0 unspecified atom stereocenters. The number of hydrogen-bond acceptors (Lipinski definition) is 6. The molecular formula is C20H40N4O5S. The number of esters is 1. The molecule has 1 aliphatic heterocycles. The Hall–Kier alpha value is -1.39. The SMILES string of the molecule is CCNC(=NCCCCCCC(=O)OC)N1CCN(S(=O)(=O)CCOC(C)C)CC1. The van der Waals surface area contributed by atoms with Crippen LogP contribution in [0.15, 0.2) is 4.99 Å². The number of nitrogens with one attached hydrogen (secondary N) is 1. The van der Waals surface area contributed by atoms with Crippen LogP contribution in [-0.4, -0.2) is 94.4 Å². The van der Waals surface area contributed by atoms with Gasteiger partial charge in [0.15, 0.2) is 5.96 Å². The van der Waals surface area contributed by atoms with Crippen LogP contribution < -0.4 is 5.32 Å². The Balaban J connectivity index is 2.40. The molecule has 1 N–H and O–H groups in total. The van der Waals surface area contributed by atoms with Gasteiger partial charge in [0.1, 0.15) is 0 Å². The van der Waals surface area contributed by atoms with Crippen LogP contribution in [0.5, 0.6) is 0 Å². The molecule has 0 spiro atoms. The van der Waals surface area contributed by atoms with Gasteiger partial charge in [-0.3, -0.25) is 9.79 Å². The number of aliphatic imine (C=N–C) groups is 1. The number of piperazine rings is 1. The second-order valence-electron chi connectivity index (χ2n) is 7.60. The molecule has 0 bridgehead atoms. The van der Waals surface area contributed by atoms with E-state index in [-0.39, 0.29) is 24.4 Å². The molecule has 10 heteroatoms. The zero-order valence-corrected chi connectivity index (χ0v) is 19.9. The number of nitrogens with zero attached hydrogens (tertiary/aromatic N) is 3. The quantitative estimate of drug-likeness (QED) is 0.197. The van der Waals surface area contributed by atoms with Crippen molar-refractivity contribution in [3.8, 4) is 0 Å². The summed E-state index contributed by atoms with van der Waals surface area (Å²) in [5.74, 6) is 0.707. The lowest BCUT2D eigenvalue weighted by atomic mass is 10.1. The molecule has 1 aliphatic rings. The fraction of sp³-hybridized carbons (Fsp3) is 0.900. The predicted octanol–water partition coefficient (Wildman–Crippen LogP) is 1.45. The standard InChI is InChI=1S/C20H40N4O5S/c1-5-21-20(22-11-9-7-6-8-10-19(25)28-4)23-12-14-24(15-13-23)30(26,27)17-16-29-18(2)3/h18H,5-17H2,1-4H3,(H,21,22). The molecule has 0 aromatic rings. The molecule has 0 amide bonds. The third kappa shape index (κ3) is 10.6. The van der Waals surface area contributed by atoms with Gasteiger partial charge in [-0.25, -0.2) is 8.42 Å². The van der Waals surface area contributed by atoms with Crippen LogP contribution in [0.4, 0.5) is 0 Å². The maximum absolute atomic E-state index is 12.5. The maximum atomic E-state index is 12.5. The van der Waals surface area contributed by atoms with Gasteiger partial charge in [0, 0.05) is 45.7 Å². The average Bonchev–Trinajstić information content (AvgIpc) is 2.71. The van der Waals surface area contributed by atoms with Crippen LogP contribution in [0.1, 0.15) is 52.9 Å². The maximum Gasteiger partial charge on any atom is 0.305 e. The molecule has 0 atom stereocenters. The van der Waals surface area contributed by atoms with E-state index in [0.29, 0.717) is 39.1 Å². The summed E-state index contributed by atoms with van der Waals surface area (Å²) in [6, 6.07) is 0. The molecule has 0 radical (unpaired) electrons. The van der Waals surface area contributed by atoms with E-state index in [0.717, 1.165) is 38.2 Å². The fourth-order valence-corrected chi connectivity index (χ4v) is 4.43. The van der Waals surface area contributed by atoms with Gasteiger partial charge in [0.2, 0.25) is 10.0 Å². The van der Waals surface area contributed by atoms with E-state index < -0.39 is 10.0 Å². The molecule has 1 fully saturated rings. The smallest absolute Gasteiger partial charge is 0.305 e. The summed E-state index contributed by atoms with van der Waals surface area (Å²) in [6.45, 7) is 9.69. The summed E-state index contributed by atoms with van der Waals surface area (Å²) in [5, 5.41) is 3.30. The van der Waals surface area contributed by atoms with Gasteiger partial charge in [-0.2, -0.15) is 4.31 Å². The van der Waals surface area contributed by atoms with Crippen molar-refractivity contribution in [2.75, 3.05) is 58.7 Å². The highest BCUT2D eigenvalue weighted by molar-refractivity contribution is 7.89. The summed E-state index contributed by atoms with van der Waals surface area (Å²) in [4.78, 5) is 17.9. The van der Waals surface area contributed by atoms with E-state index >= 15 is 0 Å². The highest BCUT2D eigenvalue weighted by Gasteiger charge is 2.27. The van der Waals surface area contributed by atoms with Crippen molar-refractivity contribution in [1.29, 1.82) is 0 Å². The van der Waals surface area contributed by atoms with Gasteiger partial charge in [-0.15, -0.1) is 0 Å². The first-order chi connectivity index (χ1) is 14.3. The van der Waals surface area contributed by atoms with Crippen molar-refractivity contribution in [3.63, 3.8) is 0 Å². The minimum absolute atomic E-state index is 0.0231. The minimum Gasteiger partial charge on any atom is -0.469 e. The number of sulfonamides is 1. The lowest BCUT2D eigenvalue weighted by Crippen LogP contribution is -2.54. The van der Waals surface area contributed by atoms with Crippen molar-refractivity contribution < 1.29 is 22.7 Å². The Morgan fingerprint density at radius 1 is 1.10 bits per heavy atom. The topological polar surface area (TPSA) is 101 Å². The summed E-state index contributed by atoms with van der Waals surface area (Å²) >= 11 is 0. The van der Waals surface area contributed by atoms with Crippen LogP contribution in [0, 0.1) is 0 Å². The molecule has 1 heterocycles. The summed E-state index contributed by atoms with van der Waals surface area (Å²) < 4.78 is 36.5. The van der Waals surface area contributed by atoms with Crippen molar-refractivity contribution in [3.05, 3.63) is 0 Å². The zero-order chi connectivity index (χ0) is 22.4. The van der Waals surface area contributed by atoms with E-state index in [4.69, 9.17) is 9.73 Å². The van der Waals surface area contributed by atoms with E-state index in [9.17, 15) is 13.2 Å². The van der Waals surface area contributed by atoms with Gasteiger partial charge >= 0.3 is 5.97 Å². The fourth-order valence-electron chi connectivity index (χ4n) is 3.14. The van der Waals surface area contributed by atoms with Crippen molar-refractivity contribution in [2.24, 2.45) is 4.99 Å². The number of carbonyl (C=O) groups is 1. The molecule has 1 rings (SSSR count). The highest BCUT2D eigenvalue weighted by atomic mass is 32.2. The van der Waals surface area contributed by atoms with Gasteiger partial charge in [0.25, 0.3) is 0 Å². The van der Waals surface area contributed by atoms with Crippen LogP contribution in [-0.2, 0) is 24.3 Å². The Kier molecular flexibility index (Phi) is 13.0. The van der Waals surface area contributed by atoms with Gasteiger partial charge in [-0.05, 0) is 33.6 Å². The first kappa shape index (κ1) is 26.6. The summed E-state index contributed by atoms with van der Waals surface area (Å²) in [7, 11) is -1.88. The lowest BCUT2D eigenvalue weighted by Gasteiger charge is -2.36. The Morgan fingerprint density at radius 2 is 1.77 bits per heavy atom. The van der Waals surface area contributed by atoms with Crippen LogP contribution in [0.25, 0.3) is 0 Å². The summed E-state index contributed by atoms with van der Waals surface area (Å²) in [5.41, 5.74) is 0. The first-order valence-electron chi connectivity index (χ1n) is 11.0. The van der Waals surface area contributed by atoms with Gasteiger partial charge in [-0.1, -0.05) is 12.8 Å². The van der Waals surface area contributed by atoms with Gasteiger partial charge < -0.3 is 19.7 Å². The third-order valence-corrected chi connectivity index (χ3v) is 6.67. The second-order valence-corrected chi connectivity index (χ2v) is 9.69. The predicted molar refractivity (Wildman–Crippen MR) is 119 cm³/mol. The lowest BCUT2D eigenvalue weighted by molar-refractivity contribution is -0.140. The van der Waals surface area contributed by atoms with Crippen molar-refractivity contribution >= 4 is 22.0 Å². The molecule has 9 nitrogen and oxygen atoms in total. The zero-order valence-electron chi connectivity index (χ0n) is 19.1. The first-order valence-corrected chi connectivity index (χ1v) is 12.6. The molecule has 0 saturated carbocycles. The second kappa shape index (κ2) is 14.6. The number of unbranched alkanes of at least 4 members (excludes halogenated alkanes) is 3. The molecule has 1 saturated heterocycles. The molecule has 0 aliphatic carbocycles. The summed E-state index contributed by atoms with van der Waals surface area (Å²) in [6.07, 6.45) is 4.31. The molecular weight excluding hydrogens is 408 g/mol. The van der Waals surface area contributed by atoms with E-state index in [1.54, 1.807) is 4.31 Å². The molecule has 0 aromatic carbocycles. The number of rotatable bonds is 13. The highest BCUT2D eigenvalue weighted by Crippen LogP contribution is 2.10. The largest absolute Gasteiger partial charge is 0.469 e. The van der Waals surface area contributed by atoms with Gasteiger partial charge in [0.05, 0.1) is 25.6 Å². The average molecular weight is 449 g/mol. The molecule has 30 heavy (non-hydrogen) atoms. The number of methoxy groups -OCH3 is 1. The van der Waals surface area contributed by atoms with E-state index in [2.05, 4.69) is 15.0 Å². The Labute approximate surface area is 182 Å². The van der Waals surface area contributed by atoms with Crippen LogP contribution >= 0.6 is 0 Å². The van der Waals surface area contributed by atoms with E-state index in [1.165, 1.54) is 7.11 Å². The molecule has 176 valence electrons. The normalized spacial score (nSPS) is 16.2. The number of carbonyl (C=O) groups excluding carboxylic acids is 1. The Bertz CT molecular complexity index is 617. The third-order valence-electron chi connectivity index (χ3n) is 4.84. The van der Waals surface area contributed by atoms with Crippen molar-refractivity contribution in [1.82, 2.24) is 14.5 Å². The van der Waals surface area contributed by atoms with Crippen molar-refractivity contribution in [2.45, 2.75) is 59.0 Å². The minimum atomic E-state index is -3.29. The monoisotopic (exact) mass is 448 g/mol. The van der Waals surface area contributed by atoms with Crippen LogP contribution in [0.2, 0.25) is 0 Å². The number of guanidine groups is 1. The number of ether oxygens (including phenoxy) is 2. The number of hydrogen-bond donors (Lipinski definition) is 1.